The lowest BCUT2D eigenvalue weighted by Crippen LogP contribution is -2.43. The number of nitrogens with zero attached hydrogens (tertiary/aromatic N) is 1. The summed E-state index contributed by atoms with van der Waals surface area (Å²) < 4.78 is 31.4. The van der Waals surface area contributed by atoms with Gasteiger partial charge in [0.05, 0.1) is 23.9 Å². The number of hydrogen-bond acceptors (Lipinski definition) is 7. The lowest BCUT2D eigenvalue weighted by molar-refractivity contribution is -0.118. The van der Waals surface area contributed by atoms with E-state index in [-0.39, 0.29) is 32.2 Å². The van der Waals surface area contributed by atoms with Crippen molar-refractivity contribution in [3.63, 3.8) is 0 Å². The molecule has 0 fully saturated rings. The van der Waals surface area contributed by atoms with E-state index in [2.05, 4.69) is 10.1 Å². The largest absolute Gasteiger partial charge is 0.498 e. The van der Waals surface area contributed by atoms with Gasteiger partial charge in [0.25, 0.3) is 10.0 Å². The number of hydrazine groups is 1. The first kappa shape index (κ1) is 23.5. The Hall–Kier alpha value is -2.63. The number of allylic oxidation sites excluding steroid dienone is 2. The quantitative estimate of drug-likeness (QED) is 0.421. The minimum Gasteiger partial charge on any atom is -0.498 e. The third-order valence-corrected chi connectivity index (χ3v) is 8.28. The number of methoxy groups -OCH3 is 1. The molecule has 2 heterocycles. The van der Waals surface area contributed by atoms with E-state index in [9.17, 15) is 18.0 Å². The molecule has 0 saturated carbocycles. The monoisotopic (exact) mass is 525 g/mol. The predicted molar refractivity (Wildman–Crippen MR) is 126 cm³/mol. The Kier molecular flexibility index (Phi) is 6.64. The Morgan fingerprint density at radius 3 is 2.73 bits per heavy atom. The smallest absolute Gasteiger partial charge is 0.267 e. The molecule has 1 atom stereocenters. The Morgan fingerprint density at radius 1 is 1.27 bits per heavy atom. The van der Waals surface area contributed by atoms with Gasteiger partial charge < -0.3 is 10.1 Å². The zero-order valence-electron chi connectivity index (χ0n) is 17.0. The number of carbonyl (C=O) groups is 2. The Bertz CT molecular complexity index is 1330. The van der Waals surface area contributed by atoms with Gasteiger partial charge in [-0.15, -0.1) is 16.2 Å². The van der Waals surface area contributed by atoms with Crippen molar-refractivity contribution in [2.45, 2.75) is 16.7 Å². The van der Waals surface area contributed by atoms with Gasteiger partial charge >= 0.3 is 0 Å². The summed E-state index contributed by atoms with van der Waals surface area (Å²) in [4.78, 5) is 26.9. The van der Waals surface area contributed by atoms with Crippen LogP contribution in [0.1, 0.15) is 23.6 Å². The highest BCUT2D eigenvalue weighted by Crippen LogP contribution is 2.39. The summed E-state index contributed by atoms with van der Waals surface area (Å²) in [5.41, 5.74) is 2.05. The fourth-order valence-electron chi connectivity index (χ4n) is 3.62. The molecular weight excluding hydrogens is 509 g/mol. The molecule has 1 aromatic carbocycles. The van der Waals surface area contributed by atoms with E-state index in [4.69, 9.17) is 27.9 Å². The van der Waals surface area contributed by atoms with Crippen LogP contribution in [0, 0.1) is 0 Å². The number of thiophene rings is 1. The van der Waals surface area contributed by atoms with Crippen molar-refractivity contribution in [2.24, 2.45) is 0 Å². The van der Waals surface area contributed by atoms with Crippen LogP contribution in [-0.4, -0.2) is 32.7 Å². The lowest BCUT2D eigenvalue weighted by Gasteiger charge is -2.33. The van der Waals surface area contributed by atoms with E-state index in [1.54, 1.807) is 18.3 Å². The maximum absolute atomic E-state index is 12.9. The molecular formula is C21H17Cl2N3O5S2. The first-order valence-corrected chi connectivity index (χ1v) is 12.6. The van der Waals surface area contributed by atoms with Gasteiger partial charge in [-0.3, -0.25) is 9.59 Å². The van der Waals surface area contributed by atoms with Gasteiger partial charge in [-0.25, -0.2) is 13.4 Å². The van der Waals surface area contributed by atoms with E-state index in [1.807, 2.05) is 12.1 Å². The minimum atomic E-state index is -4.15. The van der Waals surface area contributed by atoms with Crippen LogP contribution in [0.15, 0.2) is 63.8 Å². The highest BCUT2D eigenvalue weighted by atomic mass is 35.5. The molecule has 1 amide bonds. The Balaban J connectivity index is 1.80. The van der Waals surface area contributed by atoms with Gasteiger partial charge in [-0.1, -0.05) is 29.3 Å². The second-order valence-electron chi connectivity index (χ2n) is 7.05. The molecule has 172 valence electrons. The van der Waals surface area contributed by atoms with Crippen molar-refractivity contribution >= 4 is 62.8 Å². The maximum Gasteiger partial charge on any atom is 0.267 e. The third kappa shape index (κ3) is 4.71. The van der Waals surface area contributed by atoms with Crippen LogP contribution in [0.4, 0.5) is 0 Å². The first-order chi connectivity index (χ1) is 15.7. The Labute approximate surface area is 204 Å². The van der Waals surface area contributed by atoms with E-state index in [0.717, 1.165) is 27.5 Å². The highest BCUT2D eigenvalue weighted by Gasteiger charge is 2.35. The number of carbonyl (C=O) groups excluding carboxylic acids is 2. The number of amides is 1. The summed E-state index contributed by atoms with van der Waals surface area (Å²) in [6, 6.07) is 7.48. The molecule has 1 aliphatic carbocycles. The third-order valence-electron chi connectivity index (χ3n) is 5.01. The normalized spacial score (nSPS) is 17.8. The second kappa shape index (κ2) is 9.32. The average Bonchev–Trinajstić information content (AvgIpc) is 3.24. The maximum atomic E-state index is 12.9. The number of sulfonamides is 1. The molecule has 2 aromatic rings. The van der Waals surface area contributed by atoms with Crippen molar-refractivity contribution in [2.75, 3.05) is 7.11 Å². The van der Waals surface area contributed by atoms with Crippen molar-refractivity contribution < 1.29 is 22.7 Å². The molecule has 12 heteroatoms. The second-order valence-corrected chi connectivity index (χ2v) is 11.1. The number of nitrogens with one attached hydrogen (secondary N) is 2. The van der Waals surface area contributed by atoms with Crippen LogP contribution >= 0.6 is 34.5 Å². The summed E-state index contributed by atoms with van der Waals surface area (Å²) in [5.74, 6) is -0.124. The van der Waals surface area contributed by atoms with Gasteiger partial charge in [0.1, 0.15) is 15.7 Å². The van der Waals surface area contributed by atoms with E-state index in [1.165, 1.54) is 25.3 Å². The zero-order valence-corrected chi connectivity index (χ0v) is 20.2. The van der Waals surface area contributed by atoms with Crippen LogP contribution in [0.3, 0.4) is 0 Å². The molecule has 1 aromatic heterocycles. The number of ketones is 1. The minimum absolute atomic E-state index is 0.0767. The average molecular weight is 526 g/mol. The van der Waals surface area contributed by atoms with E-state index in [0.29, 0.717) is 17.0 Å². The summed E-state index contributed by atoms with van der Waals surface area (Å²) >= 11 is 12.9. The van der Waals surface area contributed by atoms with Gasteiger partial charge in [0.2, 0.25) is 6.41 Å². The SMILES string of the molecule is COC1=C(N(C=O)NS(=O)(=O)c2ccc(Cl)s2)C(C2NC=Cc3ccc(Cl)cc32)=CC(=O)C1. The number of halogens is 2. The molecule has 8 nitrogen and oxygen atoms in total. The van der Waals surface area contributed by atoms with Crippen molar-refractivity contribution in [1.82, 2.24) is 15.2 Å². The molecule has 0 saturated heterocycles. The molecule has 4 rings (SSSR count). The molecule has 0 radical (unpaired) electrons. The van der Waals surface area contributed by atoms with Gasteiger partial charge in [0.15, 0.2) is 5.78 Å². The molecule has 0 spiro atoms. The van der Waals surface area contributed by atoms with E-state index >= 15 is 0 Å². The fraction of sp³-hybridized carbons (Fsp3) is 0.143. The van der Waals surface area contributed by atoms with Crippen molar-refractivity contribution in [3.05, 3.63) is 80.1 Å². The zero-order chi connectivity index (χ0) is 23.8. The van der Waals surface area contributed by atoms with Crippen molar-refractivity contribution in [3.8, 4) is 0 Å². The van der Waals surface area contributed by atoms with Crippen LogP contribution in [0.25, 0.3) is 6.08 Å². The van der Waals surface area contributed by atoms with Gasteiger partial charge in [0, 0.05) is 10.6 Å². The molecule has 0 bridgehead atoms. The number of fused-ring (bicyclic) bond motifs is 1. The van der Waals surface area contributed by atoms with Gasteiger partial charge in [-0.2, -0.15) is 0 Å². The summed E-state index contributed by atoms with van der Waals surface area (Å²) in [6.45, 7) is 0. The molecule has 2 N–H and O–H groups in total. The number of benzene rings is 1. The summed E-state index contributed by atoms with van der Waals surface area (Å²) in [5, 5.41) is 4.44. The topological polar surface area (TPSA) is 105 Å². The van der Waals surface area contributed by atoms with Crippen LogP contribution in [0.2, 0.25) is 9.36 Å². The van der Waals surface area contributed by atoms with Crippen LogP contribution in [0.5, 0.6) is 0 Å². The van der Waals surface area contributed by atoms with Gasteiger partial charge in [-0.05, 0) is 53.7 Å². The lowest BCUT2D eigenvalue weighted by atomic mass is 9.86. The number of rotatable bonds is 7. The number of hydrogen-bond donors (Lipinski definition) is 2. The molecule has 2 aliphatic rings. The number of ether oxygens (including phenoxy) is 1. The fourth-order valence-corrected chi connectivity index (χ4v) is 6.27. The van der Waals surface area contributed by atoms with E-state index < -0.39 is 16.1 Å². The Morgan fingerprint density at radius 2 is 2.06 bits per heavy atom. The predicted octanol–water partition coefficient (Wildman–Crippen LogP) is 3.78. The van der Waals surface area contributed by atoms with Crippen LogP contribution < -0.4 is 10.1 Å². The molecule has 1 aliphatic heterocycles. The molecule has 1 unspecified atom stereocenters. The van der Waals surface area contributed by atoms with Crippen molar-refractivity contribution in [1.29, 1.82) is 0 Å². The summed E-state index contributed by atoms with van der Waals surface area (Å²) in [6.07, 6.45) is 5.08. The molecule has 33 heavy (non-hydrogen) atoms. The standard InChI is InChI=1S/C21H17Cl2N3O5S2/c1-31-17-10-14(28)9-16(20-15-8-13(22)3-2-12(15)6-7-24-20)21(17)26(11-27)25-33(29,30)19-5-4-18(23)32-19/h2-9,11,20,24-25H,10H2,1H3. The highest BCUT2D eigenvalue weighted by molar-refractivity contribution is 7.91. The first-order valence-electron chi connectivity index (χ1n) is 9.50. The summed E-state index contributed by atoms with van der Waals surface area (Å²) in [7, 11) is -2.80. The van der Waals surface area contributed by atoms with Crippen LogP contribution in [-0.2, 0) is 24.3 Å².